The van der Waals surface area contributed by atoms with Gasteiger partial charge in [-0.3, -0.25) is 9.59 Å². The summed E-state index contributed by atoms with van der Waals surface area (Å²) in [7, 11) is 0. The Kier molecular flexibility index (Phi) is 3.97. The third-order valence-electron chi connectivity index (χ3n) is 3.30. The Morgan fingerprint density at radius 2 is 2.14 bits per heavy atom. The second-order valence-electron chi connectivity index (χ2n) is 4.88. The molecule has 1 aromatic carbocycles. The van der Waals surface area contributed by atoms with Gasteiger partial charge in [-0.2, -0.15) is 5.10 Å². The van der Waals surface area contributed by atoms with Crippen LogP contribution in [0, 0.1) is 5.92 Å². The topological polar surface area (TPSA) is 74.7 Å². The molecule has 0 unspecified atom stereocenters. The number of hydrogen-bond donors (Lipinski definition) is 1. The lowest BCUT2D eigenvalue weighted by Gasteiger charge is -2.14. The zero-order valence-corrected chi connectivity index (χ0v) is 12.7. The van der Waals surface area contributed by atoms with Crippen molar-refractivity contribution >= 4 is 34.0 Å². The van der Waals surface area contributed by atoms with Crippen LogP contribution in [0.1, 0.15) is 12.5 Å². The summed E-state index contributed by atoms with van der Waals surface area (Å²) in [6, 6.07) is 9.55. The number of hydrogen-bond acceptors (Lipinski definition) is 5. The molecule has 1 aromatic heterocycles. The van der Waals surface area contributed by atoms with Crippen LogP contribution in [0.4, 0.5) is 5.13 Å². The van der Waals surface area contributed by atoms with Crippen LogP contribution in [-0.4, -0.2) is 27.5 Å². The zero-order valence-electron chi connectivity index (χ0n) is 11.9. The molecule has 1 aliphatic rings. The van der Waals surface area contributed by atoms with Crippen molar-refractivity contribution in [2.45, 2.75) is 13.5 Å². The molecule has 2 aromatic rings. The lowest BCUT2D eigenvalue weighted by Crippen LogP contribution is -2.35. The minimum atomic E-state index is -0.882. The maximum absolute atomic E-state index is 12.4. The molecule has 7 heteroatoms. The number of thiazole rings is 1. The second kappa shape index (κ2) is 6.07. The number of amides is 2. The molecule has 1 atom stereocenters. The van der Waals surface area contributed by atoms with Crippen LogP contribution in [-0.2, 0) is 16.1 Å². The van der Waals surface area contributed by atoms with E-state index in [1.54, 1.807) is 18.5 Å². The van der Waals surface area contributed by atoms with Crippen LogP contribution in [0.5, 0.6) is 0 Å². The average molecular weight is 314 g/mol. The largest absolute Gasteiger partial charge is 0.301 e. The summed E-state index contributed by atoms with van der Waals surface area (Å²) in [4.78, 5) is 28.7. The van der Waals surface area contributed by atoms with E-state index in [4.69, 9.17) is 0 Å². The van der Waals surface area contributed by atoms with Crippen molar-refractivity contribution in [2.75, 3.05) is 5.32 Å². The van der Waals surface area contributed by atoms with Gasteiger partial charge in [0.05, 0.1) is 12.3 Å². The van der Waals surface area contributed by atoms with E-state index in [-0.39, 0.29) is 5.91 Å². The van der Waals surface area contributed by atoms with Crippen molar-refractivity contribution < 1.29 is 9.59 Å². The van der Waals surface area contributed by atoms with Crippen LogP contribution in [0.15, 0.2) is 47.0 Å². The monoisotopic (exact) mass is 314 g/mol. The van der Waals surface area contributed by atoms with E-state index in [0.29, 0.717) is 17.4 Å². The first-order valence-corrected chi connectivity index (χ1v) is 7.64. The van der Waals surface area contributed by atoms with Crippen LogP contribution < -0.4 is 5.32 Å². The first-order valence-electron chi connectivity index (χ1n) is 6.76. The molecule has 22 heavy (non-hydrogen) atoms. The maximum atomic E-state index is 12.4. The van der Waals surface area contributed by atoms with Crippen molar-refractivity contribution in [2.24, 2.45) is 11.0 Å². The summed E-state index contributed by atoms with van der Waals surface area (Å²) in [6.45, 7) is 2.05. The van der Waals surface area contributed by atoms with E-state index in [9.17, 15) is 9.59 Å². The number of carbonyl (C=O) groups is 2. The van der Waals surface area contributed by atoms with E-state index < -0.39 is 11.8 Å². The van der Waals surface area contributed by atoms with Crippen LogP contribution in [0.3, 0.4) is 0 Å². The quantitative estimate of drug-likeness (QED) is 0.878. The summed E-state index contributed by atoms with van der Waals surface area (Å²) in [5.74, 6) is -1.58. The Morgan fingerprint density at radius 3 is 2.82 bits per heavy atom. The molecule has 0 spiro atoms. The van der Waals surface area contributed by atoms with Gasteiger partial charge < -0.3 is 5.32 Å². The molecule has 0 bridgehead atoms. The maximum Gasteiger partial charge on any atom is 0.261 e. The van der Waals surface area contributed by atoms with Crippen molar-refractivity contribution in [3.05, 3.63) is 47.5 Å². The van der Waals surface area contributed by atoms with Gasteiger partial charge in [-0.1, -0.05) is 30.3 Å². The molecule has 0 aliphatic carbocycles. The highest BCUT2D eigenvalue weighted by Gasteiger charge is 2.39. The molecule has 2 heterocycles. The Balaban J connectivity index is 1.71. The van der Waals surface area contributed by atoms with Crippen molar-refractivity contribution in [3.8, 4) is 0 Å². The third-order valence-corrected chi connectivity index (χ3v) is 3.99. The number of nitrogens with one attached hydrogen (secondary N) is 1. The fraction of sp³-hybridized carbons (Fsp3) is 0.200. The molecule has 6 nitrogen and oxygen atoms in total. The number of carbonyl (C=O) groups excluding carboxylic acids is 2. The summed E-state index contributed by atoms with van der Waals surface area (Å²) in [5, 5.41) is 10.4. The Hall–Kier alpha value is -2.54. The molecule has 1 N–H and O–H groups in total. The van der Waals surface area contributed by atoms with E-state index >= 15 is 0 Å². The van der Waals surface area contributed by atoms with Gasteiger partial charge in [0.25, 0.3) is 5.91 Å². The summed E-state index contributed by atoms with van der Waals surface area (Å²) in [5.41, 5.74) is 1.46. The molecule has 0 radical (unpaired) electrons. The predicted molar refractivity (Wildman–Crippen MR) is 84.3 cm³/mol. The van der Waals surface area contributed by atoms with Gasteiger partial charge in [-0.15, -0.1) is 11.3 Å². The SMILES string of the molecule is CC1=NN(Cc2ccccc2)C(=O)[C@H]1C(=O)Nc1nccs1. The number of benzene rings is 1. The highest BCUT2D eigenvalue weighted by molar-refractivity contribution is 7.13. The van der Waals surface area contributed by atoms with Crippen molar-refractivity contribution in [1.82, 2.24) is 9.99 Å². The first kappa shape index (κ1) is 14.4. The molecule has 0 saturated heterocycles. The van der Waals surface area contributed by atoms with Gasteiger partial charge in [0.2, 0.25) is 5.91 Å². The lowest BCUT2D eigenvalue weighted by atomic mass is 10.0. The summed E-state index contributed by atoms with van der Waals surface area (Å²) < 4.78 is 0. The smallest absolute Gasteiger partial charge is 0.261 e. The number of hydrazone groups is 1. The van der Waals surface area contributed by atoms with Gasteiger partial charge in [-0.25, -0.2) is 9.99 Å². The van der Waals surface area contributed by atoms with Gasteiger partial charge in [0.1, 0.15) is 0 Å². The second-order valence-corrected chi connectivity index (χ2v) is 5.78. The Morgan fingerprint density at radius 1 is 1.36 bits per heavy atom. The Labute approximate surface area is 131 Å². The van der Waals surface area contributed by atoms with E-state index in [2.05, 4.69) is 15.4 Å². The average Bonchev–Trinajstić information content (AvgIpc) is 3.09. The molecule has 1 aliphatic heterocycles. The van der Waals surface area contributed by atoms with Crippen LogP contribution in [0.25, 0.3) is 0 Å². The van der Waals surface area contributed by atoms with Gasteiger partial charge in [-0.05, 0) is 12.5 Å². The van der Waals surface area contributed by atoms with Gasteiger partial charge in [0, 0.05) is 11.6 Å². The molecule has 0 saturated carbocycles. The Bertz CT molecular complexity index is 712. The van der Waals surface area contributed by atoms with Crippen LogP contribution in [0.2, 0.25) is 0 Å². The van der Waals surface area contributed by atoms with Gasteiger partial charge >= 0.3 is 0 Å². The molecular formula is C15H14N4O2S. The molecule has 112 valence electrons. The minimum Gasteiger partial charge on any atom is -0.301 e. The van der Waals surface area contributed by atoms with E-state index in [1.165, 1.54) is 16.3 Å². The van der Waals surface area contributed by atoms with Crippen LogP contribution >= 0.6 is 11.3 Å². The molecule has 3 rings (SSSR count). The summed E-state index contributed by atoms with van der Waals surface area (Å²) >= 11 is 1.31. The standard InChI is InChI=1S/C15H14N4O2S/c1-10-12(13(20)17-15-16-7-8-22-15)14(21)19(18-10)9-11-5-3-2-4-6-11/h2-8,12H,9H2,1H3,(H,16,17,20)/t12-/m1/s1. The highest BCUT2D eigenvalue weighted by atomic mass is 32.1. The number of aromatic nitrogens is 1. The van der Waals surface area contributed by atoms with Gasteiger partial charge in [0.15, 0.2) is 11.0 Å². The van der Waals surface area contributed by atoms with Crippen molar-refractivity contribution in [3.63, 3.8) is 0 Å². The predicted octanol–water partition coefficient (Wildman–Crippen LogP) is 2.12. The normalized spacial score (nSPS) is 17.5. The highest BCUT2D eigenvalue weighted by Crippen LogP contribution is 2.21. The number of anilines is 1. The third kappa shape index (κ3) is 2.89. The van der Waals surface area contributed by atoms with E-state index in [0.717, 1.165) is 5.56 Å². The number of rotatable bonds is 4. The molecule has 2 amide bonds. The van der Waals surface area contributed by atoms with Crippen molar-refractivity contribution in [1.29, 1.82) is 0 Å². The fourth-order valence-corrected chi connectivity index (χ4v) is 2.79. The first-order chi connectivity index (χ1) is 10.6. The molecular weight excluding hydrogens is 300 g/mol. The van der Waals surface area contributed by atoms with E-state index in [1.807, 2.05) is 30.3 Å². The lowest BCUT2D eigenvalue weighted by molar-refractivity contribution is -0.136. The molecule has 0 fully saturated rings. The number of nitrogens with zero attached hydrogens (tertiary/aromatic N) is 3. The zero-order chi connectivity index (χ0) is 15.5. The summed E-state index contributed by atoms with van der Waals surface area (Å²) in [6.07, 6.45) is 1.60. The minimum absolute atomic E-state index is 0.310. The fourth-order valence-electron chi connectivity index (χ4n) is 2.26.